The maximum Gasteiger partial charge on any atom is 0.349 e. The molecule has 0 aromatic heterocycles. The van der Waals surface area contributed by atoms with Gasteiger partial charge in [-0.25, -0.2) is 4.79 Å². The number of hydrogen-bond acceptors (Lipinski definition) is 5. The number of Topliss-reactive ketones (excluding diaryl/α,β-unsaturated/α-hetero) is 1. The van der Waals surface area contributed by atoms with Crippen LogP contribution < -0.4 is 14.2 Å². The SMILES string of the molecule is COc1cc(C(C)=O)ccc1OC(=O)COc1ccccc1Cc1ccccc1. The average molecular weight is 390 g/mol. The van der Waals surface area contributed by atoms with Crippen molar-refractivity contribution in [2.24, 2.45) is 0 Å². The molecule has 29 heavy (non-hydrogen) atoms. The molecule has 0 spiro atoms. The van der Waals surface area contributed by atoms with Crippen LogP contribution >= 0.6 is 0 Å². The Kier molecular flexibility index (Phi) is 6.63. The van der Waals surface area contributed by atoms with Crippen LogP contribution in [-0.2, 0) is 11.2 Å². The minimum Gasteiger partial charge on any atom is -0.493 e. The Morgan fingerprint density at radius 2 is 1.55 bits per heavy atom. The molecule has 3 aromatic rings. The van der Waals surface area contributed by atoms with Crippen molar-refractivity contribution in [3.8, 4) is 17.2 Å². The van der Waals surface area contributed by atoms with Crippen LogP contribution in [0.5, 0.6) is 17.2 Å². The van der Waals surface area contributed by atoms with E-state index >= 15 is 0 Å². The van der Waals surface area contributed by atoms with E-state index in [0.29, 0.717) is 23.5 Å². The van der Waals surface area contributed by atoms with Gasteiger partial charge in [-0.15, -0.1) is 0 Å². The highest BCUT2D eigenvalue weighted by Crippen LogP contribution is 2.28. The first-order chi connectivity index (χ1) is 14.1. The Morgan fingerprint density at radius 1 is 0.828 bits per heavy atom. The predicted octanol–water partition coefficient (Wildman–Crippen LogP) is 4.47. The first-order valence-electron chi connectivity index (χ1n) is 9.21. The minimum absolute atomic E-state index is 0.0977. The lowest BCUT2D eigenvalue weighted by Crippen LogP contribution is -2.18. The fourth-order valence-electron chi connectivity index (χ4n) is 2.87. The monoisotopic (exact) mass is 390 g/mol. The molecule has 3 rings (SSSR count). The summed E-state index contributed by atoms with van der Waals surface area (Å²) in [7, 11) is 1.45. The first-order valence-corrected chi connectivity index (χ1v) is 9.21. The zero-order valence-electron chi connectivity index (χ0n) is 16.4. The van der Waals surface area contributed by atoms with E-state index in [1.807, 2.05) is 54.6 Å². The summed E-state index contributed by atoms with van der Waals surface area (Å²) in [5, 5.41) is 0. The molecule has 3 aromatic carbocycles. The van der Waals surface area contributed by atoms with Crippen molar-refractivity contribution in [2.45, 2.75) is 13.3 Å². The summed E-state index contributed by atoms with van der Waals surface area (Å²) < 4.78 is 16.3. The summed E-state index contributed by atoms with van der Waals surface area (Å²) in [5.74, 6) is 0.527. The van der Waals surface area contributed by atoms with Crippen molar-refractivity contribution in [3.05, 3.63) is 89.5 Å². The van der Waals surface area contributed by atoms with Gasteiger partial charge in [0, 0.05) is 12.0 Å². The molecule has 0 amide bonds. The van der Waals surface area contributed by atoms with Gasteiger partial charge in [-0.1, -0.05) is 48.5 Å². The molecule has 5 nitrogen and oxygen atoms in total. The van der Waals surface area contributed by atoms with Crippen LogP contribution in [-0.4, -0.2) is 25.5 Å². The number of hydrogen-bond donors (Lipinski definition) is 0. The normalized spacial score (nSPS) is 10.3. The third-order valence-corrected chi connectivity index (χ3v) is 4.35. The Morgan fingerprint density at radius 3 is 2.28 bits per heavy atom. The standard InChI is InChI=1S/C24H22O5/c1-17(25)19-12-13-22(23(15-19)27-2)29-24(26)16-28-21-11-7-6-10-20(21)14-18-8-4-3-5-9-18/h3-13,15H,14,16H2,1-2H3. The van der Waals surface area contributed by atoms with Gasteiger partial charge in [0.2, 0.25) is 0 Å². The third-order valence-electron chi connectivity index (χ3n) is 4.35. The lowest BCUT2D eigenvalue weighted by molar-refractivity contribution is -0.136. The molecule has 0 aliphatic carbocycles. The smallest absolute Gasteiger partial charge is 0.349 e. The van der Waals surface area contributed by atoms with E-state index in [1.165, 1.54) is 20.1 Å². The van der Waals surface area contributed by atoms with Crippen molar-refractivity contribution in [3.63, 3.8) is 0 Å². The van der Waals surface area contributed by atoms with E-state index in [0.717, 1.165) is 11.1 Å². The summed E-state index contributed by atoms with van der Waals surface area (Å²) in [5.41, 5.74) is 2.61. The van der Waals surface area contributed by atoms with Gasteiger partial charge in [0.15, 0.2) is 23.9 Å². The predicted molar refractivity (Wildman–Crippen MR) is 110 cm³/mol. The number of methoxy groups -OCH3 is 1. The first kappa shape index (κ1) is 20.1. The largest absolute Gasteiger partial charge is 0.493 e. The van der Waals surface area contributed by atoms with Gasteiger partial charge in [-0.2, -0.15) is 0 Å². The third kappa shape index (κ3) is 5.45. The molecule has 0 unspecified atom stereocenters. The van der Waals surface area contributed by atoms with Gasteiger partial charge < -0.3 is 14.2 Å². The molecule has 148 valence electrons. The Balaban J connectivity index is 1.65. The van der Waals surface area contributed by atoms with Gasteiger partial charge in [0.1, 0.15) is 5.75 Å². The Bertz CT molecular complexity index is 995. The lowest BCUT2D eigenvalue weighted by Gasteiger charge is -2.13. The minimum atomic E-state index is -0.562. The van der Waals surface area contributed by atoms with Gasteiger partial charge >= 0.3 is 5.97 Å². The van der Waals surface area contributed by atoms with E-state index < -0.39 is 5.97 Å². The van der Waals surface area contributed by atoms with Crippen LogP contribution in [0.4, 0.5) is 0 Å². The van der Waals surface area contributed by atoms with Gasteiger partial charge in [-0.05, 0) is 42.3 Å². The molecule has 0 radical (unpaired) electrons. The van der Waals surface area contributed by atoms with Crippen molar-refractivity contribution in [1.29, 1.82) is 0 Å². The quantitative estimate of drug-likeness (QED) is 0.323. The summed E-state index contributed by atoms with van der Waals surface area (Å²) in [6, 6.07) is 22.3. The molecule has 0 heterocycles. The van der Waals surface area contributed by atoms with E-state index in [4.69, 9.17) is 14.2 Å². The topological polar surface area (TPSA) is 61.8 Å². The molecule has 0 aliphatic rings. The van der Waals surface area contributed by atoms with Crippen LogP contribution in [0.2, 0.25) is 0 Å². The summed E-state index contributed by atoms with van der Waals surface area (Å²) in [6.07, 6.45) is 0.701. The maximum absolute atomic E-state index is 12.3. The summed E-state index contributed by atoms with van der Waals surface area (Å²) in [4.78, 5) is 23.8. The molecule has 0 bridgehead atoms. The van der Waals surface area contributed by atoms with Gasteiger partial charge in [-0.3, -0.25) is 4.79 Å². The number of esters is 1. The fraction of sp³-hybridized carbons (Fsp3) is 0.167. The molecular weight excluding hydrogens is 368 g/mol. The second kappa shape index (κ2) is 9.55. The number of carbonyl (C=O) groups is 2. The Labute approximate surface area is 169 Å². The average Bonchev–Trinajstić information content (AvgIpc) is 2.74. The molecule has 0 fully saturated rings. The fourth-order valence-corrected chi connectivity index (χ4v) is 2.87. The van der Waals surface area contributed by atoms with Crippen LogP contribution in [0.25, 0.3) is 0 Å². The van der Waals surface area contributed by atoms with Crippen molar-refractivity contribution >= 4 is 11.8 Å². The van der Waals surface area contributed by atoms with Crippen LogP contribution in [0, 0.1) is 0 Å². The lowest BCUT2D eigenvalue weighted by atomic mass is 10.0. The molecule has 0 saturated heterocycles. The maximum atomic E-state index is 12.3. The van der Waals surface area contributed by atoms with E-state index in [-0.39, 0.29) is 18.1 Å². The number of para-hydroxylation sites is 1. The van der Waals surface area contributed by atoms with Crippen LogP contribution in [0.1, 0.15) is 28.4 Å². The highest BCUT2D eigenvalue weighted by Gasteiger charge is 2.14. The summed E-state index contributed by atoms with van der Waals surface area (Å²) >= 11 is 0. The molecule has 0 saturated carbocycles. The van der Waals surface area contributed by atoms with E-state index in [2.05, 4.69) is 0 Å². The van der Waals surface area contributed by atoms with Gasteiger partial charge in [0.25, 0.3) is 0 Å². The highest BCUT2D eigenvalue weighted by molar-refractivity contribution is 5.94. The van der Waals surface area contributed by atoms with Crippen LogP contribution in [0.15, 0.2) is 72.8 Å². The van der Waals surface area contributed by atoms with Gasteiger partial charge in [0.05, 0.1) is 7.11 Å². The molecule has 0 N–H and O–H groups in total. The molecule has 5 heteroatoms. The summed E-state index contributed by atoms with van der Waals surface area (Å²) in [6.45, 7) is 1.21. The molecule has 0 atom stereocenters. The Hall–Kier alpha value is -3.60. The van der Waals surface area contributed by atoms with Crippen molar-refractivity contribution in [1.82, 2.24) is 0 Å². The van der Waals surface area contributed by atoms with E-state index in [9.17, 15) is 9.59 Å². The van der Waals surface area contributed by atoms with Crippen molar-refractivity contribution in [2.75, 3.05) is 13.7 Å². The number of carbonyl (C=O) groups excluding carboxylic acids is 2. The molecule has 0 aliphatic heterocycles. The number of ketones is 1. The zero-order valence-corrected chi connectivity index (χ0v) is 16.4. The molecular formula is C24H22O5. The number of benzene rings is 3. The van der Waals surface area contributed by atoms with Crippen molar-refractivity contribution < 1.29 is 23.8 Å². The second-order valence-electron chi connectivity index (χ2n) is 6.45. The highest BCUT2D eigenvalue weighted by atomic mass is 16.6. The van der Waals surface area contributed by atoms with Crippen LogP contribution in [0.3, 0.4) is 0 Å². The zero-order chi connectivity index (χ0) is 20.6. The van der Waals surface area contributed by atoms with E-state index in [1.54, 1.807) is 12.1 Å². The number of ether oxygens (including phenoxy) is 3. The second-order valence-corrected chi connectivity index (χ2v) is 6.45. The number of rotatable bonds is 8.